The van der Waals surface area contributed by atoms with Crippen LogP contribution >= 0.6 is 0 Å². The molecule has 300 valence electrons. The van der Waals surface area contributed by atoms with Crippen LogP contribution in [0, 0.1) is 11.8 Å². The molecule has 2 aromatic carbocycles. The van der Waals surface area contributed by atoms with Gasteiger partial charge in [0, 0.05) is 25.4 Å². The monoisotopic (exact) mass is 768 g/mol. The molecule has 13 nitrogen and oxygen atoms in total. The van der Waals surface area contributed by atoms with Gasteiger partial charge in [-0.1, -0.05) is 95.1 Å². The molecule has 0 aliphatic carbocycles. The Kier molecular flexibility index (Phi) is 17.5. The Morgan fingerprint density at radius 1 is 0.768 bits per heavy atom. The number of nitrogens with zero attached hydrogens (tertiary/aromatic N) is 3. The van der Waals surface area contributed by atoms with Crippen LogP contribution < -0.4 is 16.0 Å². The van der Waals surface area contributed by atoms with Crippen LogP contribution in [0.2, 0.25) is 0 Å². The Labute approximate surface area is 331 Å². The van der Waals surface area contributed by atoms with Crippen molar-refractivity contribution in [3.05, 3.63) is 95.6 Å². The van der Waals surface area contributed by atoms with Crippen molar-refractivity contribution in [2.75, 3.05) is 26.2 Å². The van der Waals surface area contributed by atoms with Gasteiger partial charge in [0.2, 0.25) is 11.8 Å². The second-order valence-corrected chi connectivity index (χ2v) is 15.4. The Bertz CT molecular complexity index is 1690. The first-order valence-corrected chi connectivity index (χ1v) is 19.8. The molecule has 0 unspecified atom stereocenters. The van der Waals surface area contributed by atoms with Crippen molar-refractivity contribution in [2.45, 2.75) is 97.5 Å². The maximum absolute atomic E-state index is 13.8. The molecule has 3 amide bonds. The third-order valence-corrected chi connectivity index (χ3v) is 9.50. The van der Waals surface area contributed by atoms with E-state index in [4.69, 9.17) is 9.31 Å². The van der Waals surface area contributed by atoms with Crippen molar-refractivity contribution >= 4 is 36.8 Å². The molecular weight excluding hydrogens is 711 g/mol. The van der Waals surface area contributed by atoms with Gasteiger partial charge < -0.3 is 25.3 Å². The zero-order valence-corrected chi connectivity index (χ0v) is 33.4. The molecule has 3 N–H and O–H groups in total. The van der Waals surface area contributed by atoms with E-state index in [0.29, 0.717) is 25.4 Å². The lowest BCUT2D eigenvalue weighted by atomic mass is 9.73. The van der Waals surface area contributed by atoms with Crippen LogP contribution in [0.15, 0.2) is 73.2 Å². The van der Waals surface area contributed by atoms with E-state index >= 15 is 0 Å². The van der Waals surface area contributed by atoms with Crippen molar-refractivity contribution in [2.24, 2.45) is 11.8 Å². The van der Waals surface area contributed by atoms with Gasteiger partial charge in [0.25, 0.3) is 5.91 Å². The van der Waals surface area contributed by atoms with Gasteiger partial charge in [-0.25, -0.2) is 4.98 Å². The zero-order chi connectivity index (χ0) is 40.5. The minimum Gasteiger partial charge on any atom is -0.497 e. The highest BCUT2D eigenvalue weighted by molar-refractivity contribution is 6.51. The highest BCUT2D eigenvalue weighted by atomic mass is 16.6. The van der Waals surface area contributed by atoms with Crippen LogP contribution in [0.3, 0.4) is 0 Å². The zero-order valence-electron chi connectivity index (χ0n) is 33.4. The Morgan fingerprint density at radius 2 is 1.43 bits per heavy atom. The van der Waals surface area contributed by atoms with E-state index in [2.05, 4.69) is 51.9 Å². The van der Waals surface area contributed by atoms with E-state index in [0.717, 1.165) is 43.2 Å². The quantitative estimate of drug-likeness (QED) is 0.110. The van der Waals surface area contributed by atoms with Crippen LogP contribution in [0.1, 0.15) is 99.8 Å². The van der Waals surface area contributed by atoms with E-state index in [1.54, 1.807) is 4.90 Å². The van der Waals surface area contributed by atoms with Crippen molar-refractivity contribution in [3.8, 4) is 0 Å². The van der Waals surface area contributed by atoms with E-state index in [9.17, 15) is 24.0 Å². The highest BCUT2D eigenvalue weighted by Crippen LogP contribution is 2.18. The lowest BCUT2D eigenvalue weighted by Gasteiger charge is -2.30. The molecule has 1 fully saturated rings. The molecule has 4 rings (SSSR count). The summed E-state index contributed by atoms with van der Waals surface area (Å²) in [7, 11) is -1.35. The van der Waals surface area contributed by atoms with Crippen molar-refractivity contribution in [3.63, 3.8) is 0 Å². The van der Waals surface area contributed by atoms with E-state index in [1.807, 2.05) is 63.2 Å². The van der Waals surface area contributed by atoms with E-state index in [1.165, 1.54) is 24.2 Å². The molecule has 0 bridgehead atoms. The van der Waals surface area contributed by atoms with E-state index in [-0.39, 0.29) is 42.9 Å². The number of carbonyl (C=O) groups is 5. The lowest BCUT2D eigenvalue weighted by Crippen LogP contribution is -2.58. The van der Waals surface area contributed by atoms with Crippen LogP contribution in [0.4, 0.5) is 0 Å². The first kappa shape index (κ1) is 43.6. The molecule has 1 aliphatic heterocycles. The molecule has 0 radical (unpaired) electrons. The summed E-state index contributed by atoms with van der Waals surface area (Å²) in [6.45, 7) is 11.0. The molecule has 14 heteroatoms. The van der Waals surface area contributed by atoms with Gasteiger partial charge in [0.05, 0.1) is 31.1 Å². The highest BCUT2D eigenvalue weighted by Gasteiger charge is 2.42. The van der Waals surface area contributed by atoms with Gasteiger partial charge in [-0.05, 0) is 67.7 Å². The average molecular weight is 769 g/mol. The predicted octanol–water partition coefficient (Wildman–Crippen LogP) is 4.46. The molecule has 0 spiro atoms. The summed E-state index contributed by atoms with van der Waals surface area (Å²) in [6, 6.07) is 16.5. The fraction of sp³-hybridized carbons (Fsp3) is 0.500. The molecule has 3 aromatic rings. The summed E-state index contributed by atoms with van der Waals surface area (Å²) < 4.78 is 11.3. The Hall–Kier alpha value is -5.11. The number of nitrogens with one attached hydrogen (secondary N) is 3. The number of aromatic nitrogens is 2. The molecule has 56 heavy (non-hydrogen) atoms. The van der Waals surface area contributed by atoms with Crippen molar-refractivity contribution < 1.29 is 33.3 Å². The number of rotatable bonds is 20. The minimum atomic E-state index is -1.35. The smallest absolute Gasteiger partial charge is 0.497 e. The molecule has 1 aliphatic rings. The van der Waals surface area contributed by atoms with Crippen LogP contribution in [0.25, 0.3) is 0 Å². The van der Waals surface area contributed by atoms with Crippen LogP contribution in [-0.4, -0.2) is 89.8 Å². The number of hydrogen-bond acceptors (Lipinski definition) is 10. The number of carbonyl (C=O) groups excluding carboxylic acids is 5. The van der Waals surface area contributed by atoms with Crippen LogP contribution in [0.5, 0.6) is 0 Å². The maximum atomic E-state index is 13.8. The third kappa shape index (κ3) is 14.9. The number of amides is 3. The van der Waals surface area contributed by atoms with Gasteiger partial charge in [0.15, 0.2) is 0 Å². The van der Waals surface area contributed by atoms with Gasteiger partial charge in [-0.2, -0.15) is 0 Å². The fourth-order valence-electron chi connectivity index (χ4n) is 6.58. The maximum Gasteiger partial charge on any atom is 0.622 e. The second kappa shape index (κ2) is 22.4. The number of hydrogen-bond donors (Lipinski definition) is 3. The molecule has 0 saturated carbocycles. The fourth-order valence-corrected chi connectivity index (χ4v) is 6.58. The number of unbranched alkanes of at least 4 members (excludes halogenated alkanes) is 3. The summed E-state index contributed by atoms with van der Waals surface area (Å²) in [5, 5.41) is 8.69. The van der Waals surface area contributed by atoms with Crippen molar-refractivity contribution in [1.29, 1.82) is 0 Å². The summed E-state index contributed by atoms with van der Waals surface area (Å²) in [6.07, 6.45) is 8.96. The van der Waals surface area contributed by atoms with Gasteiger partial charge >= 0.3 is 19.1 Å². The first-order chi connectivity index (χ1) is 26.9. The SMILES string of the molecule is CC(C)Cc1ccc([C@H](C)C(=O)NCCCCCCN2CC(=O)OB([C@H](CC(C)C)NC(=O)[C@H](Cc3ccccc3)NC(=O)c3cnccn3)OC(=O)C2)cc1. The van der Waals surface area contributed by atoms with Crippen LogP contribution in [-0.2, 0) is 41.3 Å². The lowest BCUT2D eigenvalue weighted by molar-refractivity contribution is -0.147. The molecule has 1 saturated heterocycles. The summed E-state index contributed by atoms with van der Waals surface area (Å²) in [5.74, 6) is -2.74. The van der Waals surface area contributed by atoms with Gasteiger partial charge in [0.1, 0.15) is 11.7 Å². The van der Waals surface area contributed by atoms with E-state index < -0.39 is 42.9 Å². The van der Waals surface area contributed by atoms with Gasteiger partial charge in [-0.15, -0.1) is 0 Å². The second-order valence-electron chi connectivity index (χ2n) is 15.4. The largest absolute Gasteiger partial charge is 0.622 e. The number of benzene rings is 2. The Balaban J connectivity index is 1.24. The summed E-state index contributed by atoms with van der Waals surface area (Å²) in [5.41, 5.74) is 3.14. The molecular formula is C42H57BN6O7. The van der Waals surface area contributed by atoms with Gasteiger partial charge in [-0.3, -0.25) is 33.9 Å². The normalized spacial score (nSPS) is 15.2. The minimum absolute atomic E-state index is 0.00455. The topological polar surface area (TPSA) is 169 Å². The molecule has 2 heterocycles. The first-order valence-electron chi connectivity index (χ1n) is 19.8. The summed E-state index contributed by atoms with van der Waals surface area (Å²) in [4.78, 5) is 75.4. The standard InChI is InChI=1S/C42H57BN6O7/c1-29(2)23-33-15-17-34(18-16-33)31(5)40(52)46-19-11-6-7-12-22-49-27-38(50)55-43(56-39(51)28-49)37(24-30(3)4)48-41(53)35(25-32-13-9-8-10-14-32)47-42(54)36-26-44-20-21-45-36/h8-10,13-18,20-21,26,29-31,35,37H,6-7,11-12,19,22-25,27-28H2,1-5H3,(H,46,52)(H,47,54)(H,48,53)/t31-,35-,37-/m0/s1. The molecule has 3 atom stereocenters. The van der Waals surface area contributed by atoms with Crippen molar-refractivity contribution in [1.82, 2.24) is 30.8 Å². The third-order valence-electron chi connectivity index (χ3n) is 9.50. The Morgan fingerprint density at radius 3 is 2.05 bits per heavy atom. The molecule has 1 aromatic heterocycles. The average Bonchev–Trinajstić information content (AvgIpc) is 3.16. The predicted molar refractivity (Wildman–Crippen MR) is 214 cm³/mol. The summed E-state index contributed by atoms with van der Waals surface area (Å²) >= 11 is 0.